The third-order valence-electron chi connectivity index (χ3n) is 3.96. The quantitative estimate of drug-likeness (QED) is 0.437. The Balaban J connectivity index is 1.83. The number of urea groups is 1. The normalized spacial score (nSPS) is 15.2. The molecule has 1 aliphatic heterocycles. The lowest BCUT2D eigenvalue weighted by atomic mass is 10.1. The summed E-state index contributed by atoms with van der Waals surface area (Å²) in [5, 5.41) is 3.00. The highest BCUT2D eigenvalue weighted by molar-refractivity contribution is 6.30. The Kier molecular flexibility index (Phi) is 5.93. The van der Waals surface area contributed by atoms with E-state index in [1.807, 2.05) is 13.8 Å². The maximum absolute atomic E-state index is 12.7. The van der Waals surface area contributed by atoms with Gasteiger partial charge in [-0.1, -0.05) is 11.6 Å². The van der Waals surface area contributed by atoms with Gasteiger partial charge < -0.3 is 19.2 Å². The highest BCUT2D eigenvalue weighted by Crippen LogP contribution is 2.27. The lowest BCUT2D eigenvalue weighted by Crippen LogP contribution is -2.30. The van der Waals surface area contributed by atoms with Crippen molar-refractivity contribution >= 4 is 35.6 Å². The molecule has 0 unspecified atom stereocenters. The maximum Gasteiger partial charge on any atom is 0.373 e. The number of carbonyl (C=O) groups excluding carboxylic acids is 3. The van der Waals surface area contributed by atoms with Crippen LogP contribution in [0.2, 0.25) is 5.02 Å². The third-order valence-corrected chi connectivity index (χ3v) is 4.19. The molecule has 1 saturated heterocycles. The number of methoxy groups -OCH3 is 1. The van der Waals surface area contributed by atoms with E-state index >= 15 is 0 Å². The van der Waals surface area contributed by atoms with Crippen molar-refractivity contribution in [2.45, 2.75) is 26.5 Å². The van der Waals surface area contributed by atoms with Crippen LogP contribution in [0.4, 0.5) is 4.79 Å². The van der Waals surface area contributed by atoms with Gasteiger partial charge in [0.25, 0.3) is 5.91 Å². The minimum absolute atomic E-state index is 0.0141. The first-order valence-corrected chi connectivity index (χ1v) is 9.14. The van der Waals surface area contributed by atoms with Gasteiger partial charge in [0, 0.05) is 10.6 Å². The molecule has 0 spiro atoms. The predicted octanol–water partition coefficient (Wildman–Crippen LogP) is 3.60. The monoisotopic (exact) mass is 418 g/mol. The number of rotatable bonds is 6. The number of carbonyl (C=O) groups is 3. The fourth-order valence-corrected chi connectivity index (χ4v) is 2.87. The van der Waals surface area contributed by atoms with Gasteiger partial charge in [0.1, 0.15) is 17.2 Å². The zero-order valence-electron chi connectivity index (χ0n) is 16.0. The van der Waals surface area contributed by atoms with E-state index in [2.05, 4.69) is 10.1 Å². The summed E-state index contributed by atoms with van der Waals surface area (Å²) in [5.41, 5.74) is 0.633. The molecule has 0 aliphatic carbocycles. The van der Waals surface area contributed by atoms with E-state index in [-0.39, 0.29) is 29.9 Å². The second-order valence-corrected chi connectivity index (χ2v) is 6.92. The molecular formula is C20H19ClN2O6. The molecule has 3 amide bonds. The molecule has 2 heterocycles. The van der Waals surface area contributed by atoms with Gasteiger partial charge in [-0.3, -0.25) is 9.69 Å². The van der Waals surface area contributed by atoms with Crippen molar-refractivity contribution in [2.75, 3.05) is 7.11 Å². The summed E-state index contributed by atoms with van der Waals surface area (Å²) in [4.78, 5) is 37.4. The zero-order chi connectivity index (χ0) is 21.1. The molecule has 0 atom stereocenters. The van der Waals surface area contributed by atoms with Crippen LogP contribution in [-0.4, -0.2) is 36.0 Å². The second kappa shape index (κ2) is 8.40. The number of amides is 3. The molecule has 3 rings (SSSR count). The highest BCUT2D eigenvalue weighted by Gasteiger charge is 2.34. The fraction of sp³-hybridized carbons (Fsp3) is 0.250. The maximum atomic E-state index is 12.7. The summed E-state index contributed by atoms with van der Waals surface area (Å²) in [6.45, 7) is 3.62. The van der Waals surface area contributed by atoms with Crippen LogP contribution < -0.4 is 10.1 Å². The molecule has 8 nitrogen and oxygen atoms in total. The average Bonchev–Trinajstić information content (AvgIpc) is 3.24. The first-order chi connectivity index (χ1) is 13.8. The Morgan fingerprint density at radius 2 is 2.03 bits per heavy atom. The standard InChI is InChI=1S/C20H19ClN2O6/c1-11(2)28-16-6-4-13(21)8-12(16)9-15-18(24)23(20(26)22-15)10-14-5-7-17(29-14)19(25)27-3/h4-9,11H,10H2,1-3H3,(H,22,26)/b15-9-. The van der Waals surface area contributed by atoms with Crippen LogP contribution in [0, 0.1) is 0 Å². The van der Waals surface area contributed by atoms with Crippen molar-refractivity contribution in [3.05, 3.63) is 58.1 Å². The minimum atomic E-state index is -0.646. The molecule has 9 heteroatoms. The Bertz CT molecular complexity index is 995. The van der Waals surface area contributed by atoms with Crippen LogP contribution in [0.3, 0.4) is 0 Å². The average molecular weight is 419 g/mol. The molecule has 1 aromatic heterocycles. The van der Waals surface area contributed by atoms with Gasteiger partial charge in [0.05, 0.1) is 19.8 Å². The number of hydrogen-bond donors (Lipinski definition) is 1. The van der Waals surface area contributed by atoms with Crippen molar-refractivity contribution in [1.29, 1.82) is 0 Å². The molecule has 152 valence electrons. The number of esters is 1. The van der Waals surface area contributed by atoms with Crippen molar-refractivity contribution in [2.24, 2.45) is 0 Å². The second-order valence-electron chi connectivity index (χ2n) is 6.49. The van der Waals surface area contributed by atoms with Crippen LogP contribution in [0.15, 0.2) is 40.4 Å². The summed E-state index contributed by atoms with van der Waals surface area (Å²) < 4.78 is 15.6. The topological polar surface area (TPSA) is 98.1 Å². The van der Waals surface area contributed by atoms with E-state index in [0.717, 1.165) is 4.90 Å². The molecule has 1 fully saturated rings. The summed E-state index contributed by atoms with van der Waals surface area (Å²) in [6.07, 6.45) is 1.42. The fourth-order valence-electron chi connectivity index (χ4n) is 2.69. The summed E-state index contributed by atoms with van der Waals surface area (Å²) in [5.74, 6) is -0.401. The van der Waals surface area contributed by atoms with E-state index < -0.39 is 17.9 Å². The molecule has 2 aromatic rings. The third kappa shape index (κ3) is 4.60. The van der Waals surface area contributed by atoms with E-state index in [1.54, 1.807) is 18.2 Å². The Labute approximate surface area is 172 Å². The number of furan rings is 1. The van der Waals surface area contributed by atoms with Gasteiger partial charge in [-0.25, -0.2) is 9.59 Å². The van der Waals surface area contributed by atoms with Gasteiger partial charge in [-0.05, 0) is 50.3 Å². The predicted molar refractivity (Wildman–Crippen MR) is 104 cm³/mol. The SMILES string of the molecule is COC(=O)c1ccc(CN2C(=O)N/C(=C\c3cc(Cl)ccc3OC(C)C)C2=O)o1. The molecule has 0 radical (unpaired) electrons. The van der Waals surface area contributed by atoms with E-state index in [1.165, 1.54) is 25.3 Å². The van der Waals surface area contributed by atoms with Gasteiger partial charge in [-0.15, -0.1) is 0 Å². The Hall–Kier alpha value is -3.26. The molecular weight excluding hydrogens is 400 g/mol. The first-order valence-electron chi connectivity index (χ1n) is 8.76. The number of nitrogens with one attached hydrogen (secondary N) is 1. The molecule has 0 bridgehead atoms. The lowest BCUT2D eigenvalue weighted by Gasteiger charge is -2.13. The van der Waals surface area contributed by atoms with Crippen LogP contribution in [-0.2, 0) is 16.1 Å². The number of ether oxygens (including phenoxy) is 2. The smallest absolute Gasteiger partial charge is 0.373 e. The van der Waals surface area contributed by atoms with E-state index in [0.29, 0.717) is 16.3 Å². The van der Waals surface area contributed by atoms with Crippen LogP contribution in [0.25, 0.3) is 6.08 Å². The lowest BCUT2D eigenvalue weighted by molar-refractivity contribution is -0.123. The van der Waals surface area contributed by atoms with Gasteiger partial charge in [-0.2, -0.15) is 0 Å². The Morgan fingerprint density at radius 3 is 2.72 bits per heavy atom. The number of hydrogen-bond acceptors (Lipinski definition) is 6. The van der Waals surface area contributed by atoms with Crippen LogP contribution in [0.1, 0.15) is 35.7 Å². The van der Waals surface area contributed by atoms with Crippen molar-refractivity contribution in [3.8, 4) is 5.75 Å². The Morgan fingerprint density at radius 1 is 1.28 bits per heavy atom. The molecule has 29 heavy (non-hydrogen) atoms. The summed E-state index contributed by atoms with van der Waals surface area (Å²) >= 11 is 6.06. The minimum Gasteiger partial charge on any atom is -0.490 e. The van der Waals surface area contributed by atoms with E-state index in [4.69, 9.17) is 20.8 Å². The van der Waals surface area contributed by atoms with Crippen molar-refractivity contribution < 1.29 is 28.3 Å². The number of halogens is 1. The van der Waals surface area contributed by atoms with Gasteiger partial charge in [0.2, 0.25) is 5.76 Å². The van der Waals surface area contributed by atoms with Crippen molar-refractivity contribution in [3.63, 3.8) is 0 Å². The van der Waals surface area contributed by atoms with Crippen LogP contribution in [0.5, 0.6) is 5.75 Å². The largest absolute Gasteiger partial charge is 0.490 e. The molecule has 1 aromatic carbocycles. The van der Waals surface area contributed by atoms with Gasteiger partial charge in [0.15, 0.2) is 0 Å². The zero-order valence-corrected chi connectivity index (χ0v) is 16.8. The number of imide groups is 1. The number of nitrogens with zero attached hydrogens (tertiary/aromatic N) is 1. The van der Waals surface area contributed by atoms with Crippen LogP contribution >= 0.6 is 11.6 Å². The number of benzene rings is 1. The van der Waals surface area contributed by atoms with Gasteiger partial charge >= 0.3 is 12.0 Å². The summed E-state index contributed by atoms with van der Waals surface area (Å²) in [6, 6.07) is 7.33. The molecule has 1 aliphatic rings. The van der Waals surface area contributed by atoms with Crippen molar-refractivity contribution in [1.82, 2.24) is 10.2 Å². The molecule has 0 saturated carbocycles. The molecule has 1 N–H and O–H groups in total. The first kappa shape index (κ1) is 20.5. The highest BCUT2D eigenvalue weighted by atomic mass is 35.5. The summed E-state index contributed by atoms with van der Waals surface area (Å²) in [7, 11) is 1.23. The van der Waals surface area contributed by atoms with E-state index in [9.17, 15) is 14.4 Å².